The van der Waals surface area contributed by atoms with Gasteiger partial charge in [-0.3, -0.25) is 9.71 Å². The second kappa shape index (κ2) is 5.25. The number of aromatic nitrogens is 1. The number of carboxylic acids is 1. The lowest BCUT2D eigenvalue weighted by Gasteiger charge is -2.08. The Labute approximate surface area is 114 Å². The van der Waals surface area contributed by atoms with Gasteiger partial charge in [0.05, 0.1) is 22.3 Å². The highest BCUT2D eigenvalue weighted by molar-refractivity contribution is 7.92. The molecule has 0 unspecified atom stereocenters. The number of aromatic carboxylic acids is 1. The third kappa shape index (κ3) is 3.09. The summed E-state index contributed by atoms with van der Waals surface area (Å²) < 4.78 is 38.9. The first-order valence-electron chi connectivity index (χ1n) is 5.35. The summed E-state index contributed by atoms with van der Waals surface area (Å²) in [5, 5.41) is 8.80. The number of rotatable bonds is 4. The van der Waals surface area contributed by atoms with E-state index in [4.69, 9.17) is 5.11 Å². The number of anilines is 1. The minimum atomic E-state index is -3.92. The van der Waals surface area contributed by atoms with E-state index in [1.807, 2.05) is 0 Å². The highest BCUT2D eigenvalue weighted by atomic mass is 32.2. The van der Waals surface area contributed by atoms with E-state index in [0.29, 0.717) is 0 Å². The Hall–Kier alpha value is -2.48. The van der Waals surface area contributed by atoms with Gasteiger partial charge in [0.15, 0.2) is 0 Å². The first-order chi connectivity index (χ1) is 9.38. The molecule has 0 aliphatic carbocycles. The maximum Gasteiger partial charge on any atom is 0.337 e. The molecule has 104 valence electrons. The van der Waals surface area contributed by atoms with Gasteiger partial charge in [0.25, 0.3) is 10.0 Å². The fraction of sp³-hybridized carbons (Fsp3) is 0. The Morgan fingerprint density at radius 2 is 1.85 bits per heavy atom. The van der Waals surface area contributed by atoms with Crippen LogP contribution in [0.5, 0.6) is 0 Å². The molecule has 0 fully saturated rings. The molecular formula is C12H9FN2O4S. The SMILES string of the molecule is O=C(O)c1cncc(NS(=O)(=O)c2ccc(F)cc2)c1. The fourth-order valence-electron chi connectivity index (χ4n) is 1.44. The molecule has 1 aromatic heterocycles. The van der Waals surface area contributed by atoms with Crippen molar-refractivity contribution in [3.63, 3.8) is 0 Å². The van der Waals surface area contributed by atoms with Gasteiger partial charge in [-0.1, -0.05) is 0 Å². The van der Waals surface area contributed by atoms with Crippen LogP contribution in [0.3, 0.4) is 0 Å². The van der Waals surface area contributed by atoms with E-state index in [1.165, 1.54) is 6.20 Å². The first kappa shape index (κ1) is 13.9. The van der Waals surface area contributed by atoms with E-state index in [0.717, 1.165) is 36.5 Å². The molecule has 1 heterocycles. The van der Waals surface area contributed by atoms with Gasteiger partial charge in [-0.15, -0.1) is 0 Å². The van der Waals surface area contributed by atoms with Crippen LogP contribution in [0.2, 0.25) is 0 Å². The standard InChI is InChI=1S/C12H9FN2O4S/c13-9-1-3-11(4-2-9)20(18,19)15-10-5-8(12(16)17)6-14-7-10/h1-7,15H,(H,16,17). The highest BCUT2D eigenvalue weighted by Crippen LogP contribution is 2.16. The normalized spacial score (nSPS) is 11.1. The van der Waals surface area contributed by atoms with Crippen LogP contribution in [0.15, 0.2) is 47.6 Å². The molecule has 2 rings (SSSR count). The quantitative estimate of drug-likeness (QED) is 0.895. The van der Waals surface area contributed by atoms with Crippen molar-refractivity contribution in [1.29, 1.82) is 0 Å². The van der Waals surface area contributed by atoms with Gasteiger partial charge in [0.1, 0.15) is 5.82 Å². The van der Waals surface area contributed by atoms with E-state index in [1.54, 1.807) is 0 Å². The second-order valence-electron chi connectivity index (χ2n) is 3.83. The van der Waals surface area contributed by atoms with Crippen LogP contribution in [0.25, 0.3) is 0 Å². The Morgan fingerprint density at radius 1 is 1.20 bits per heavy atom. The van der Waals surface area contributed by atoms with Gasteiger partial charge in [-0.25, -0.2) is 17.6 Å². The van der Waals surface area contributed by atoms with Crippen molar-refractivity contribution in [2.45, 2.75) is 4.90 Å². The summed E-state index contributed by atoms with van der Waals surface area (Å²) in [6.45, 7) is 0. The lowest BCUT2D eigenvalue weighted by molar-refractivity contribution is 0.0696. The molecule has 8 heteroatoms. The molecule has 0 saturated carbocycles. The first-order valence-corrected chi connectivity index (χ1v) is 6.83. The molecule has 0 spiro atoms. The monoisotopic (exact) mass is 296 g/mol. The molecule has 0 amide bonds. The van der Waals surface area contributed by atoms with Crippen molar-refractivity contribution < 1.29 is 22.7 Å². The fourth-order valence-corrected chi connectivity index (χ4v) is 2.47. The summed E-state index contributed by atoms with van der Waals surface area (Å²) in [7, 11) is -3.92. The van der Waals surface area contributed by atoms with Crippen LogP contribution in [0.1, 0.15) is 10.4 Å². The summed E-state index contributed by atoms with van der Waals surface area (Å²) in [6, 6.07) is 5.37. The average Bonchev–Trinajstić information content (AvgIpc) is 2.39. The molecule has 0 saturated heterocycles. The zero-order chi connectivity index (χ0) is 14.8. The Kier molecular flexibility index (Phi) is 3.66. The minimum Gasteiger partial charge on any atom is -0.478 e. The van der Waals surface area contributed by atoms with E-state index in [-0.39, 0.29) is 16.1 Å². The number of hydrogen-bond acceptors (Lipinski definition) is 4. The van der Waals surface area contributed by atoms with Gasteiger partial charge >= 0.3 is 5.97 Å². The van der Waals surface area contributed by atoms with Crippen molar-refractivity contribution >= 4 is 21.7 Å². The molecule has 1 aromatic carbocycles. The van der Waals surface area contributed by atoms with Crippen LogP contribution < -0.4 is 4.72 Å². The minimum absolute atomic E-state index is 0.00854. The van der Waals surface area contributed by atoms with Crippen LogP contribution >= 0.6 is 0 Å². The summed E-state index contributed by atoms with van der Waals surface area (Å²) in [4.78, 5) is 14.3. The number of carboxylic acid groups (broad SMARTS) is 1. The number of benzene rings is 1. The summed E-state index contributed by atoms with van der Waals surface area (Å²) in [5.74, 6) is -1.78. The molecule has 20 heavy (non-hydrogen) atoms. The summed E-state index contributed by atoms with van der Waals surface area (Å²) in [5.41, 5.74) is -0.140. The maximum absolute atomic E-state index is 12.8. The van der Waals surface area contributed by atoms with E-state index < -0.39 is 21.8 Å². The maximum atomic E-state index is 12.8. The summed E-state index contributed by atoms with van der Waals surface area (Å²) in [6.07, 6.45) is 2.27. The molecule has 2 N–H and O–H groups in total. The van der Waals surface area contributed by atoms with E-state index >= 15 is 0 Å². The van der Waals surface area contributed by atoms with Gasteiger partial charge in [0, 0.05) is 6.20 Å². The lowest BCUT2D eigenvalue weighted by atomic mass is 10.3. The van der Waals surface area contributed by atoms with Gasteiger partial charge in [-0.2, -0.15) is 0 Å². The van der Waals surface area contributed by atoms with Crippen molar-refractivity contribution in [2.75, 3.05) is 4.72 Å². The topological polar surface area (TPSA) is 96.4 Å². The number of sulfonamides is 1. The number of halogens is 1. The molecule has 2 aromatic rings. The predicted octanol–water partition coefficient (Wildman–Crippen LogP) is 1.72. The Morgan fingerprint density at radius 3 is 2.45 bits per heavy atom. The predicted molar refractivity (Wildman–Crippen MR) is 68.4 cm³/mol. The van der Waals surface area contributed by atoms with Crippen molar-refractivity contribution in [3.8, 4) is 0 Å². The number of carbonyl (C=O) groups is 1. The molecule has 0 aliphatic rings. The second-order valence-corrected chi connectivity index (χ2v) is 5.51. The van der Waals surface area contributed by atoms with Gasteiger partial charge < -0.3 is 5.11 Å². The molecule has 0 radical (unpaired) electrons. The Balaban J connectivity index is 2.31. The van der Waals surface area contributed by atoms with Crippen LogP contribution in [0, 0.1) is 5.82 Å². The molecule has 0 aliphatic heterocycles. The summed E-state index contributed by atoms with van der Waals surface area (Å²) >= 11 is 0. The number of nitrogens with one attached hydrogen (secondary N) is 1. The largest absolute Gasteiger partial charge is 0.478 e. The third-order valence-electron chi connectivity index (χ3n) is 2.36. The lowest BCUT2D eigenvalue weighted by Crippen LogP contribution is -2.13. The molecule has 6 nitrogen and oxygen atoms in total. The highest BCUT2D eigenvalue weighted by Gasteiger charge is 2.15. The third-order valence-corrected chi connectivity index (χ3v) is 3.76. The molecular weight excluding hydrogens is 287 g/mol. The smallest absolute Gasteiger partial charge is 0.337 e. The van der Waals surface area contributed by atoms with Crippen molar-refractivity contribution in [3.05, 3.63) is 54.1 Å². The van der Waals surface area contributed by atoms with Crippen LogP contribution in [-0.4, -0.2) is 24.5 Å². The molecule has 0 atom stereocenters. The number of hydrogen-bond donors (Lipinski definition) is 2. The average molecular weight is 296 g/mol. The Bertz CT molecular complexity index is 744. The van der Waals surface area contributed by atoms with E-state index in [9.17, 15) is 17.6 Å². The van der Waals surface area contributed by atoms with Gasteiger partial charge in [0.2, 0.25) is 0 Å². The van der Waals surface area contributed by atoms with Crippen LogP contribution in [-0.2, 0) is 10.0 Å². The zero-order valence-electron chi connectivity index (χ0n) is 9.95. The zero-order valence-corrected chi connectivity index (χ0v) is 10.8. The number of pyridine rings is 1. The van der Waals surface area contributed by atoms with Crippen molar-refractivity contribution in [1.82, 2.24) is 4.98 Å². The van der Waals surface area contributed by atoms with E-state index in [2.05, 4.69) is 9.71 Å². The number of nitrogens with zero attached hydrogens (tertiary/aromatic N) is 1. The van der Waals surface area contributed by atoms with Crippen LogP contribution in [0.4, 0.5) is 10.1 Å². The molecule has 0 bridgehead atoms. The van der Waals surface area contributed by atoms with Gasteiger partial charge in [-0.05, 0) is 30.3 Å². The van der Waals surface area contributed by atoms with Crippen molar-refractivity contribution in [2.24, 2.45) is 0 Å².